The Kier molecular flexibility index (Phi) is 5.60. The van der Waals surface area contributed by atoms with Gasteiger partial charge in [0, 0.05) is 49.1 Å². The topological polar surface area (TPSA) is 28.2 Å². The molecule has 0 aliphatic carbocycles. The number of aromatic nitrogens is 1. The third-order valence-corrected chi connectivity index (χ3v) is 3.97. The van der Waals surface area contributed by atoms with Crippen molar-refractivity contribution < 1.29 is 0 Å². The number of hydrogen-bond acceptors (Lipinski definition) is 3. The van der Waals surface area contributed by atoms with Crippen molar-refractivity contribution >= 4 is 15.9 Å². The Hall–Kier alpha value is -0.450. The third-order valence-electron chi connectivity index (χ3n) is 3.53. The van der Waals surface area contributed by atoms with Gasteiger partial charge in [-0.15, -0.1) is 0 Å². The molecule has 100 valence electrons. The van der Waals surface area contributed by atoms with Crippen molar-refractivity contribution in [2.24, 2.45) is 0 Å². The summed E-state index contributed by atoms with van der Waals surface area (Å²) in [7, 11) is 0. The van der Waals surface area contributed by atoms with Gasteiger partial charge in [0.2, 0.25) is 0 Å². The Labute approximate surface area is 118 Å². The van der Waals surface area contributed by atoms with Gasteiger partial charge in [0.15, 0.2) is 0 Å². The Morgan fingerprint density at radius 3 is 2.83 bits per heavy atom. The van der Waals surface area contributed by atoms with Gasteiger partial charge in [0.05, 0.1) is 0 Å². The molecule has 2 rings (SSSR count). The van der Waals surface area contributed by atoms with Crippen molar-refractivity contribution in [2.75, 3.05) is 26.2 Å². The molecule has 0 aromatic carbocycles. The lowest BCUT2D eigenvalue weighted by atomic mass is 10.0. The predicted molar refractivity (Wildman–Crippen MR) is 78.6 cm³/mol. The molecule has 1 aliphatic rings. The highest BCUT2D eigenvalue weighted by Gasteiger charge is 2.21. The smallest absolute Gasteiger partial charge is 0.0410 e. The van der Waals surface area contributed by atoms with Gasteiger partial charge in [-0.05, 0) is 34.0 Å². The minimum absolute atomic E-state index is 0.525. The molecular weight excluding hydrogens is 290 g/mol. The largest absolute Gasteiger partial charge is 0.314 e. The SMILES string of the molecule is CCCC[C@H](c1cncc(Br)c1)N1CCNCC1. The first-order valence-electron chi connectivity index (χ1n) is 6.86. The molecule has 1 atom stereocenters. The molecule has 18 heavy (non-hydrogen) atoms. The zero-order valence-electron chi connectivity index (χ0n) is 11.0. The molecule has 0 spiro atoms. The third kappa shape index (κ3) is 3.77. The van der Waals surface area contributed by atoms with E-state index in [0.717, 1.165) is 30.7 Å². The lowest BCUT2D eigenvalue weighted by Gasteiger charge is -2.35. The van der Waals surface area contributed by atoms with Gasteiger partial charge in [-0.3, -0.25) is 9.88 Å². The van der Waals surface area contributed by atoms with E-state index in [4.69, 9.17) is 0 Å². The average Bonchev–Trinajstić information content (AvgIpc) is 2.40. The molecule has 2 heterocycles. The van der Waals surface area contributed by atoms with Crippen LogP contribution in [0.4, 0.5) is 0 Å². The second-order valence-corrected chi connectivity index (χ2v) is 5.80. The molecule has 0 amide bonds. The normalized spacial score (nSPS) is 18.8. The first kappa shape index (κ1) is 14.0. The number of pyridine rings is 1. The monoisotopic (exact) mass is 311 g/mol. The molecule has 0 saturated carbocycles. The van der Waals surface area contributed by atoms with Crippen LogP contribution in [0.5, 0.6) is 0 Å². The van der Waals surface area contributed by atoms with Gasteiger partial charge >= 0.3 is 0 Å². The Morgan fingerprint density at radius 1 is 1.39 bits per heavy atom. The minimum Gasteiger partial charge on any atom is -0.314 e. The molecule has 1 aliphatic heterocycles. The van der Waals surface area contributed by atoms with E-state index < -0.39 is 0 Å². The second kappa shape index (κ2) is 7.22. The molecule has 1 fully saturated rings. The summed E-state index contributed by atoms with van der Waals surface area (Å²) in [4.78, 5) is 6.91. The van der Waals surface area contributed by atoms with Crippen molar-refractivity contribution in [3.8, 4) is 0 Å². The fraction of sp³-hybridized carbons (Fsp3) is 0.643. The van der Waals surface area contributed by atoms with E-state index in [2.05, 4.69) is 44.1 Å². The molecule has 1 saturated heterocycles. The van der Waals surface area contributed by atoms with E-state index in [1.165, 1.54) is 24.8 Å². The lowest BCUT2D eigenvalue weighted by molar-refractivity contribution is 0.163. The molecule has 1 aromatic rings. The maximum atomic E-state index is 4.32. The summed E-state index contributed by atoms with van der Waals surface area (Å²) in [5, 5.41) is 3.42. The van der Waals surface area contributed by atoms with Crippen molar-refractivity contribution in [3.63, 3.8) is 0 Å². The number of halogens is 1. The first-order valence-corrected chi connectivity index (χ1v) is 7.65. The van der Waals surface area contributed by atoms with Crippen LogP contribution in [0, 0.1) is 0 Å². The summed E-state index contributed by atoms with van der Waals surface area (Å²) in [6.07, 6.45) is 7.64. The molecule has 3 nitrogen and oxygen atoms in total. The highest BCUT2D eigenvalue weighted by atomic mass is 79.9. The number of nitrogens with zero attached hydrogens (tertiary/aromatic N) is 2. The van der Waals surface area contributed by atoms with Crippen molar-refractivity contribution in [1.29, 1.82) is 0 Å². The number of hydrogen-bond donors (Lipinski definition) is 1. The fourth-order valence-electron chi connectivity index (χ4n) is 2.56. The molecule has 0 unspecified atom stereocenters. The molecular formula is C14H22BrN3. The number of unbranched alkanes of at least 4 members (excludes halogenated alkanes) is 1. The van der Waals surface area contributed by atoms with Gasteiger partial charge in [0.25, 0.3) is 0 Å². The van der Waals surface area contributed by atoms with Crippen LogP contribution in [0.3, 0.4) is 0 Å². The van der Waals surface area contributed by atoms with E-state index in [1.807, 2.05) is 12.4 Å². The quantitative estimate of drug-likeness (QED) is 0.906. The number of rotatable bonds is 5. The molecule has 1 aromatic heterocycles. The highest BCUT2D eigenvalue weighted by Crippen LogP contribution is 2.27. The summed E-state index contributed by atoms with van der Waals surface area (Å²) in [6, 6.07) is 2.74. The minimum atomic E-state index is 0.525. The van der Waals surface area contributed by atoms with Gasteiger partial charge in [0.1, 0.15) is 0 Å². The van der Waals surface area contributed by atoms with Gasteiger partial charge in [-0.25, -0.2) is 0 Å². The lowest BCUT2D eigenvalue weighted by Crippen LogP contribution is -2.45. The highest BCUT2D eigenvalue weighted by molar-refractivity contribution is 9.10. The maximum Gasteiger partial charge on any atom is 0.0410 e. The van der Waals surface area contributed by atoms with Gasteiger partial charge in [-0.2, -0.15) is 0 Å². The molecule has 1 N–H and O–H groups in total. The van der Waals surface area contributed by atoms with E-state index in [9.17, 15) is 0 Å². The van der Waals surface area contributed by atoms with E-state index in [-0.39, 0.29) is 0 Å². The number of piperazine rings is 1. The van der Waals surface area contributed by atoms with E-state index in [0.29, 0.717) is 6.04 Å². The summed E-state index contributed by atoms with van der Waals surface area (Å²) in [5.74, 6) is 0. The van der Waals surface area contributed by atoms with Gasteiger partial charge in [-0.1, -0.05) is 19.8 Å². The fourth-order valence-corrected chi connectivity index (χ4v) is 2.94. The van der Waals surface area contributed by atoms with Crippen molar-refractivity contribution in [3.05, 3.63) is 28.5 Å². The van der Waals surface area contributed by atoms with Crippen molar-refractivity contribution in [1.82, 2.24) is 15.2 Å². The van der Waals surface area contributed by atoms with Crippen molar-refractivity contribution in [2.45, 2.75) is 32.2 Å². The van der Waals surface area contributed by atoms with Crippen LogP contribution in [-0.4, -0.2) is 36.1 Å². The Bertz CT molecular complexity index is 364. The first-order chi connectivity index (χ1) is 8.81. The zero-order chi connectivity index (χ0) is 12.8. The summed E-state index contributed by atoms with van der Waals surface area (Å²) in [6.45, 7) is 6.74. The van der Waals surface area contributed by atoms with E-state index in [1.54, 1.807) is 0 Å². The van der Waals surface area contributed by atoms with Crippen LogP contribution in [0.25, 0.3) is 0 Å². The van der Waals surface area contributed by atoms with Crippen LogP contribution in [-0.2, 0) is 0 Å². The van der Waals surface area contributed by atoms with Crippen LogP contribution in [0.15, 0.2) is 22.9 Å². The number of nitrogens with one attached hydrogen (secondary N) is 1. The summed E-state index contributed by atoms with van der Waals surface area (Å²) >= 11 is 3.53. The second-order valence-electron chi connectivity index (χ2n) is 4.88. The Balaban J connectivity index is 2.12. The molecule has 0 bridgehead atoms. The predicted octanol–water partition coefficient (Wildman–Crippen LogP) is 2.98. The summed E-state index contributed by atoms with van der Waals surface area (Å²) < 4.78 is 1.08. The van der Waals surface area contributed by atoms with Crippen LogP contribution < -0.4 is 5.32 Å². The summed E-state index contributed by atoms with van der Waals surface area (Å²) in [5.41, 5.74) is 1.35. The van der Waals surface area contributed by atoms with Gasteiger partial charge < -0.3 is 5.32 Å². The standard InChI is InChI=1S/C14H22BrN3/c1-2-3-4-14(18-7-5-16-6-8-18)12-9-13(15)11-17-10-12/h9-11,14,16H,2-8H2,1H3/t14-/m1/s1. The van der Waals surface area contributed by atoms with E-state index >= 15 is 0 Å². The molecule has 0 radical (unpaired) electrons. The zero-order valence-corrected chi connectivity index (χ0v) is 12.6. The van der Waals surface area contributed by atoms with Crippen LogP contribution >= 0.6 is 15.9 Å². The maximum absolute atomic E-state index is 4.32. The van der Waals surface area contributed by atoms with Crippen LogP contribution in [0.2, 0.25) is 0 Å². The van der Waals surface area contributed by atoms with Crippen LogP contribution in [0.1, 0.15) is 37.8 Å². The molecule has 4 heteroatoms. The average molecular weight is 312 g/mol. The Morgan fingerprint density at radius 2 is 2.17 bits per heavy atom.